The van der Waals surface area contributed by atoms with Crippen molar-refractivity contribution in [2.75, 3.05) is 11.9 Å². The van der Waals surface area contributed by atoms with E-state index < -0.39 is 0 Å². The van der Waals surface area contributed by atoms with Crippen LogP contribution in [0.5, 0.6) is 0 Å². The number of hydrogen-bond acceptors (Lipinski definition) is 1. The van der Waals surface area contributed by atoms with Gasteiger partial charge in [0.2, 0.25) is 0 Å². The third-order valence-corrected chi connectivity index (χ3v) is 3.32. The summed E-state index contributed by atoms with van der Waals surface area (Å²) >= 11 is 5.97. The van der Waals surface area contributed by atoms with Crippen molar-refractivity contribution in [3.8, 4) is 0 Å². The Morgan fingerprint density at radius 3 is 2.65 bits per heavy atom. The maximum absolute atomic E-state index is 11.8. The second-order valence-electron chi connectivity index (χ2n) is 4.70. The highest BCUT2D eigenvalue weighted by Crippen LogP contribution is 2.14. The lowest BCUT2D eigenvalue weighted by atomic mass is 10.1. The predicted molar refractivity (Wildman–Crippen MR) is 81.7 cm³/mol. The first-order valence-electron chi connectivity index (χ1n) is 6.59. The number of rotatable bonds is 5. The summed E-state index contributed by atoms with van der Waals surface area (Å²) in [6.45, 7) is 2.43. The third-order valence-electron chi connectivity index (χ3n) is 3.09. The molecule has 0 heterocycles. The Bertz CT molecular complexity index is 572. The molecule has 0 radical (unpaired) electrons. The smallest absolute Gasteiger partial charge is 0.279 e. The van der Waals surface area contributed by atoms with Gasteiger partial charge in [-0.1, -0.05) is 41.9 Å². The monoisotopic (exact) mass is 289 g/mol. The second-order valence-corrected chi connectivity index (χ2v) is 5.13. The standard InChI is InChI=1S/C16H17ClN2O/c1-12(13-6-5-7-14(17)10-13)18-11-16(20)19-15-8-3-2-4-9-15/h2-10,12,18H,11H2,1H3,(H,19,20)/p+1/t12-/m1/s1. The van der Waals surface area contributed by atoms with Crippen LogP contribution in [-0.2, 0) is 4.79 Å². The Hall–Kier alpha value is -1.84. The molecule has 0 unspecified atom stereocenters. The van der Waals surface area contributed by atoms with Gasteiger partial charge < -0.3 is 10.6 Å². The van der Waals surface area contributed by atoms with Gasteiger partial charge in [0.15, 0.2) is 6.54 Å². The quantitative estimate of drug-likeness (QED) is 0.873. The SMILES string of the molecule is C[C@@H]([NH2+]CC(=O)Nc1ccccc1)c1cccc(Cl)c1. The molecule has 0 fully saturated rings. The van der Waals surface area contributed by atoms with E-state index in [4.69, 9.17) is 11.6 Å². The van der Waals surface area contributed by atoms with E-state index in [9.17, 15) is 4.79 Å². The molecule has 0 aliphatic rings. The zero-order valence-electron chi connectivity index (χ0n) is 11.3. The number of para-hydroxylation sites is 1. The Labute approximate surface area is 124 Å². The molecule has 4 heteroatoms. The maximum atomic E-state index is 11.8. The second kappa shape index (κ2) is 7.08. The number of nitrogens with two attached hydrogens (primary N) is 1. The van der Waals surface area contributed by atoms with Crippen molar-refractivity contribution >= 4 is 23.2 Å². The van der Waals surface area contributed by atoms with E-state index in [0.717, 1.165) is 16.3 Å². The molecule has 1 atom stereocenters. The molecule has 1 amide bonds. The van der Waals surface area contributed by atoms with Crippen LogP contribution in [-0.4, -0.2) is 12.5 Å². The molecule has 104 valence electrons. The molecule has 20 heavy (non-hydrogen) atoms. The van der Waals surface area contributed by atoms with Crippen LogP contribution in [0.3, 0.4) is 0 Å². The molecule has 3 nitrogen and oxygen atoms in total. The lowest BCUT2D eigenvalue weighted by molar-refractivity contribution is -0.682. The minimum Gasteiger partial charge on any atom is -0.333 e. The fourth-order valence-corrected chi connectivity index (χ4v) is 2.14. The first kappa shape index (κ1) is 14.6. The van der Waals surface area contributed by atoms with Crippen molar-refractivity contribution in [3.05, 3.63) is 65.2 Å². The van der Waals surface area contributed by atoms with E-state index in [1.165, 1.54) is 0 Å². The van der Waals surface area contributed by atoms with Crippen molar-refractivity contribution in [1.82, 2.24) is 0 Å². The van der Waals surface area contributed by atoms with E-state index >= 15 is 0 Å². The number of carbonyl (C=O) groups is 1. The summed E-state index contributed by atoms with van der Waals surface area (Å²) in [5, 5.41) is 5.57. The highest BCUT2D eigenvalue weighted by Gasteiger charge is 2.11. The summed E-state index contributed by atoms with van der Waals surface area (Å²) in [7, 11) is 0. The van der Waals surface area contributed by atoms with E-state index in [-0.39, 0.29) is 11.9 Å². The molecular formula is C16H18ClN2O+. The van der Waals surface area contributed by atoms with Crippen LogP contribution >= 0.6 is 11.6 Å². The van der Waals surface area contributed by atoms with Gasteiger partial charge in [0.1, 0.15) is 6.04 Å². The number of benzene rings is 2. The van der Waals surface area contributed by atoms with Gasteiger partial charge in [-0.3, -0.25) is 4.79 Å². The van der Waals surface area contributed by atoms with Crippen LogP contribution in [0.2, 0.25) is 5.02 Å². The predicted octanol–water partition coefficient (Wildman–Crippen LogP) is 2.60. The lowest BCUT2D eigenvalue weighted by Crippen LogP contribution is -2.86. The highest BCUT2D eigenvalue weighted by molar-refractivity contribution is 6.30. The van der Waals surface area contributed by atoms with Crippen LogP contribution in [0.25, 0.3) is 0 Å². The number of quaternary nitrogens is 1. The molecule has 2 aromatic rings. The summed E-state index contributed by atoms with van der Waals surface area (Å²) in [4.78, 5) is 11.8. The zero-order valence-corrected chi connectivity index (χ0v) is 12.1. The minimum atomic E-state index is -0.00919. The van der Waals surface area contributed by atoms with Crippen LogP contribution in [0.4, 0.5) is 5.69 Å². The van der Waals surface area contributed by atoms with Gasteiger partial charge in [-0.15, -0.1) is 0 Å². The molecule has 0 spiro atoms. The van der Waals surface area contributed by atoms with Crippen LogP contribution in [0, 0.1) is 0 Å². The molecule has 2 rings (SSSR count). The third kappa shape index (κ3) is 4.37. The van der Waals surface area contributed by atoms with Gasteiger partial charge >= 0.3 is 0 Å². The lowest BCUT2D eigenvalue weighted by Gasteiger charge is -2.11. The zero-order chi connectivity index (χ0) is 14.4. The topological polar surface area (TPSA) is 45.7 Å². The van der Waals surface area contributed by atoms with Crippen molar-refractivity contribution < 1.29 is 10.1 Å². The first-order chi connectivity index (χ1) is 9.65. The van der Waals surface area contributed by atoms with Gasteiger partial charge in [-0.2, -0.15) is 0 Å². The van der Waals surface area contributed by atoms with Crippen molar-refractivity contribution in [3.63, 3.8) is 0 Å². The van der Waals surface area contributed by atoms with Gasteiger partial charge in [0.05, 0.1) is 0 Å². The first-order valence-corrected chi connectivity index (χ1v) is 6.96. The summed E-state index contributed by atoms with van der Waals surface area (Å²) in [6.07, 6.45) is 0. The number of amides is 1. The normalized spacial score (nSPS) is 11.9. The molecule has 0 aliphatic carbocycles. The number of hydrogen-bond donors (Lipinski definition) is 2. The van der Waals surface area contributed by atoms with Gasteiger partial charge in [0.25, 0.3) is 5.91 Å². The van der Waals surface area contributed by atoms with Gasteiger partial charge in [-0.05, 0) is 31.2 Å². The number of carbonyl (C=O) groups excluding carboxylic acids is 1. The van der Waals surface area contributed by atoms with Crippen molar-refractivity contribution in [1.29, 1.82) is 0 Å². The van der Waals surface area contributed by atoms with Crippen molar-refractivity contribution in [2.45, 2.75) is 13.0 Å². The molecule has 0 aliphatic heterocycles. The number of anilines is 1. The summed E-state index contributed by atoms with van der Waals surface area (Å²) < 4.78 is 0. The van der Waals surface area contributed by atoms with E-state index in [1.807, 2.05) is 59.9 Å². The van der Waals surface area contributed by atoms with Crippen molar-refractivity contribution in [2.24, 2.45) is 0 Å². The van der Waals surface area contributed by atoms with Crippen LogP contribution < -0.4 is 10.6 Å². The fraction of sp³-hybridized carbons (Fsp3) is 0.188. The molecule has 3 N–H and O–H groups in total. The Kier molecular flexibility index (Phi) is 5.16. The van der Waals surface area contributed by atoms with Crippen LogP contribution in [0.15, 0.2) is 54.6 Å². The average molecular weight is 290 g/mol. The summed E-state index contributed by atoms with van der Waals surface area (Å²) in [5.41, 5.74) is 1.94. The molecule has 0 aromatic heterocycles. The Morgan fingerprint density at radius 2 is 1.95 bits per heavy atom. The van der Waals surface area contributed by atoms with Crippen LogP contribution in [0.1, 0.15) is 18.5 Å². The van der Waals surface area contributed by atoms with E-state index in [2.05, 4.69) is 12.2 Å². The average Bonchev–Trinajstić information content (AvgIpc) is 2.46. The molecular weight excluding hydrogens is 272 g/mol. The molecule has 2 aromatic carbocycles. The number of nitrogens with one attached hydrogen (secondary N) is 1. The number of halogens is 1. The largest absolute Gasteiger partial charge is 0.333 e. The molecule has 0 bridgehead atoms. The van der Waals surface area contributed by atoms with E-state index in [0.29, 0.717) is 6.54 Å². The highest BCUT2D eigenvalue weighted by atomic mass is 35.5. The Balaban J connectivity index is 1.84. The van der Waals surface area contributed by atoms with E-state index in [1.54, 1.807) is 0 Å². The molecule has 0 saturated heterocycles. The Morgan fingerprint density at radius 1 is 1.20 bits per heavy atom. The fourth-order valence-electron chi connectivity index (χ4n) is 1.94. The maximum Gasteiger partial charge on any atom is 0.279 e. The molecule has 0 saturated carbocycles. The van der Waals surface area contributed by atoms with Gasteiger partial charge in [0, 0.05) is 16.3 Å². The van der Waals surface area contributed by atoms with Gasteiger partial charge in [-0.25, -0.2) is 0 Å². The summed E-state index contributed by atoms with van der Waals surface area (Å²) in [6, 6.07) is 17.4. The minimum absolute atomic E-state index is 0.00919. The summed E-state index contributed by atoms with van der Waals surface area (Å²) in [5.74, 6) is -0.00919.